The van der Waals surface area contributed by atoms with Crippen molar-refractivity contribution in [2.45, 2.75) is 44.6 Å². The molecule has 2 rings (SSSR count). The Morgan fingerprint density at radius 1 is 0.950 bits per heavy atom. The van der Waals surface area contributed by atoms with Gasteiger partial charge in [-0.3, -0.25) is 9.59 Å². The molecule has 2 amide bonds. The molecular formula is C15H27N3O2. The van der Waals surface area contributed by atoms with Crippen molar-refractivity contribution in [3.63, 3.8) is 0 Å². The van der Waals surface area contributed by atoms with E-state index in [4.69, 9.17) is 5.73 Å². The minimum Gasteiger partial charge on any atom is -0.369 e. The van der Waals surface area contributed by atoms with Crippen LogP contribution in [0.1, 0.15) is 38.5 Å². The smallest absolute Gasteiger partial charge is 0.225 e. The predicted octanol–water partition coefficient (Wildman–Crippen LogP) is 0.831. The van der Waals surface area contributed by atoms with Crippen LogP contribution < -0.4 is 5.73 Å². The lowest BCUT2D eigenvalue weighted by Gasteiger charge is -2.38. The molecule has 1 heterocycles. The highest BCUT2D eigenvalue weighted by Crippen LogP contribution is 2.30. The van der Waals surface area contributed by atoms with Crippen LogP contribution in [0.15, 0.2) is 0 Å². The standard InChI is InChI=1S/C15H27N3O2/c1-17(2)13-7-9-18(10-8-13)15(20)12-5-3-11(4-6-12)14(16)19/h11-13H,3-10H2,1-2H3,(H2,16,19). The van der Waals surface area contributed by atoms with Crippen LogP contribution in [-0.2, 0) is 9.59 Å². The molecule has 2 aliphatic rings. The summed E-state index contributed by atoms with van der Waals surface area (Å²) >= 11 is 0. The Morgan fingerprint density at radius 2 is 1.45 bits per heavy atom. The number of nitrogens with zero attached hydrogens (tertiary/aromatic N) is 2. The molecule has 0 atom stereocenters. The Morgan fingerprint density at radius 3 is 1.90 bits per heavy atom. The lowest BCUT2D eigenvalue weighted by Crippen LogP contribution is -2.47. The number of carbonyl (C=O) groups excluding carboxylic acids is 2. The molecule has 1 aliphatic carbocycles. The van der Waals surface area contributed by atoms with Crippen molar-refractivity contribution in [1.29, 1.82) is 0 Å². The number of hydrogen-bond acceptors (Lipinski definition) is 3. The third kappa shape index (κ3) is 3.51. The van der Waals surface area contributed by atoms with Gasteiger partial charge in [0.15, 0.2) is 0 Å². The van der Waals surface area contributed by atoms with E-state index >= 15 is 0 Å². The first-order valence-corrected chi connectivity index (χ1v) is 7.73. The molecule has 5 nitrogen and oxygen atoms in total. The van der Waals surface area contributed by atoms with Gasteiger partial charge in [0.25, 0.3) is 0 Å². The average Bonchev–Trinajstić information content (AvgIpc) is 2.46. The molecule has 1 saturated heterocycles. The van der Waals surface area contributed by atoms with Crippen LogP contribution in [0.25, 0.3) is 0 Å². The summed E-state index contributed by atoms with van der Waals surface area (Å²) < 4.78 is 0. The molecule has 114 valence electrons. The van der Waals surface area contributed by atoms with Crippen molar-refractivity contribution in [2.24, 2.45) is 17.6 Å². The van der Waals surface area contributed by atoms with Crippen molar-refractivity contribution in [1.82, 2.24) is 9.80 Å². The minimum absolute atomic E-state index is 0.0153. The van der Waals surface area contributed by atoms with Gasteiger partial charge >= 0.3 is 0 Å². The van der Waals surface area contributed by atoms with Gasteiger partial charge in [-0.2, -0.15) is 0 Å². The van der Waals surface area contributed by atoms with Crippen LogP contribution in [-0.4, -0.2) is 54.8 Å². The van der Waals surface area contributed by atoms with Gasteiger partial charge in [0.2, 0.25) is 11.8 Å². The maximum atomic E-state index is 12.5. The number of carbonyl (C=O) groups is 2. The number of likely N-dealkylation sites (tertiary alicyclic amines) is 1. The molecule has 1 saturated carbocycles. The average molecular weight is 281 g/mol. The molecule has 0 aromatic carbocycles. The van der Waals surface area contributed by atoms with Crippen LogP contribution in [0, 0.1) is 11.8 Å². The topological polar surface area (TPSA) is 66.6 Å². The first-order chi connectivity index (χ1) is 9.49. The Kier molecular flexibility index (Phi) is 5.02. The number of rotatable bonds is 3. The fourth-order valence-electron chi connectivity index (χ4n) is 3.49. The largest absolute Gasteiger partial charge is 0.369 e. The van der Waals surface area contributed by atoms with E-state index in [1.807, 2.05) is 4.90 Å². The maximum absolute atomic E-state index is 12.5. The molecule has 2 N–H and O–H groups in total. The first-order valence-electron chi connectivity index (χ1n) is 7.73. The maximum Gasteiger partial charge on any atom is 0.225 e. The number of primary amides is 1. The summed E-state index contributed by atoms with van der Waals surface area (Å²) in [4.78, 5) is 27.9. The van der Waals surface area contributed by atoms with Crippen LogP contribution in [0.3, 0.4) is 0 Å². The van der Waals surface area contributed by atoms with Gasteiger partial charge in [0.1, 0.15) is 0 Å². The van der Waals surface area contributed by atoms with Gasteiger partial charge in [-0.15, -0.1) is 0 Å². The van der Waals surface area contributed by atoms with Crippen molar-refractivity contribution < 1.29 is 9.59 Å². The van der Waals surface area contributed by atoms with E-state index in [-0.39, 0.29) is 17.7 Å². The molecule has 20 heavy (non-hydrogen) atoms. The van der Waals surface area contributed by atoms with Gasteiger partial charge in [0.05, 0.1) is 0 Å². The summed E-state index contributed by atoms with van der Waals surface area (Å²) in [5.74, 6) is 0.188. The van der Waals surface area contributed by atoms with Gasteiger partial charge < -0.3 is 15.5 Å². The monoisotopic (exact) mass is 281 g/mol. The SMILES string of the molecule is CN(C)C1CCN(C(=O)C2CCC(C(N)=O)CC2)CC1. The zero-order valence-electron chi connectivity index (χ0n) is 12.7. The van der Waals surface area contributed by atoms with E-state index in [2.05, 4.69) is 19.0 Å². The van der Waals surface area contributed by atoms with Gasteiger partial charge in [-0.1, -0.05) is 0 Å². The zero-order chi connectivity index (χ0) is 14.7. The zero-order valence-corrected chi connectivity index (χ0v) is 12.7. The highest BCUT2D eigenvalue weighted by Gasteiger charge is 2.33. The Hall–Kier alpha value is -1.10. The minimum atomic E-state index is -0.206. The molecule has 0 bridgehead atoms. The predicted molar refractivity (Wildman–Crippen MR) is 77.9 cm³/mol. The second-order valence-electron chi connectivity index (χ2n) is 6.47. The van der Waals surface area contributed by atoms with E-state index in [0.29, 0.717) is 11.9 Å². The molecule has 0 aromatic heterocycles. The molecule has 2 fully saturated rings. The molecule has 1 aliphatic heterocycles. The van der Waals surface area contributed by atoms with E-state index in [9.17, 15) is 9.59 Å². The normalized spacial score (nSPS) is 28.6. The lowest BCUT2D eigenvalue weighted by molar-refractivity contribution is -0.139. The number of hydrogen-bond donors (Lipinski definition) is 1. The van der Waals surface area contributed by atoms with Gasteiger partial charge in [-0.05, 0) is 52.6 Å². The van der Waals surface area contributed by atoms with Crippen LogP contribution in [0.4, 0.5) is 0 Å². The van der Waals surface area contributed by atoms with Crippen LogP contribution in [0.2, 0.25) is 0 Å². The van der Waals surface area contributed by atoms with E-state index in [0.717, 1.165) is 51.6 Å². The molecule has 5 heteroatoms. The molecule has 0 unspecified atom stereocenters. The fourth-order valence-corrected chi connectivity index (χ4v) is 3.49. The van der Waals surface area contributed by atoms with Crippen molar-refractivity contribution in [2.75, 3.05) is 27.2 Å². The highest BCUT2D eigenvalue weighted by atomic mass is 16.2. The summed E-state index contributed by atoms with van der Waals surface area (Å²) in [5.41, 5.74) is 5.34. The van der Waals surface area contributed by atoms with E-state index in [1.165, 1.54) is 0 Å². The highest BCUT2D eigenvalue weighted by molar-refractivity contribution is 5.80. The second-order valence-corrected chi connectivity index (χ2v) is 6.47. The lowest BCUT2D eigenvalue weighted by atomic mass is 9.81. The number of piperidine rings is 1. The van der Waals surface area contributed by atoms with E-state index in [1.54, 1.807) is 0 Å². The third-order valence-electron chi connectivity index (χ3n) is 4.99. The van der Waals surface area contributed by atoms with Crippen molar-refractivity contribution >= 4 is 11.8 Å². The fraction of sp³-hybridized carbons (Fsp3) is 0.867. The Balaban J connectivity index is 1.80. The summed E-state index contributed by atoms with van der Waals surface area (Å²) in [6.45, 7) is 1.74. The third-order valence-corrected chi connectivity index (χ3v) is 4.99. The number of nitrogens with two attached hydrogens (primary N) is 1. The molecule has 0 spiro atoms. The number of amides is 2. The molecule has 0 aromatic rings. The second kappa shape index (κ2) is 6.57. The van der Waals surface area contributed by atoms with Crippen molar-refractivity contribution in [3.05, 3.63) is 0 Å². The van der Waals surface area contributed by atoms with Crippen molar-refractivity contribution in [3.8, 4) is 0 Å². The molecular weight excluding hydrogens is 254 g/mol. The Labute approximate surface area is 121 Å². The quantitative estimate of drug-likeness (QED) is 0.833. The van der Waals surface area contributed by atoms with Crippen LogP contribution >= 0.6 is 0 Å². The summed E-state index contributed by atoms with van der Waals surface area (Å²) in [5, 5.41) is 0. The van der Waals surface area contributed by atoms with Crippen LogP contribution in [0.5, 0.6) is 0 Å². The van der Waals surface area contributed by atoms with E-state index < -0.39 is 0 Å². The summed E-state index contributed by atoms with van der Waals surface area (Å²) in [6.07, 6.45) is 5.32. The van der Waals surface area contributed by atoms with Gasteiger partial charge in [-0.25, -0.2) is 0 Å². The molecule has 0 radical (unpaired) electrons. The first kappa shape index (κ1) is 15.3. The summed E-state index contributed by atoms with van der Waals surface area (Å²) in [7, 11) is 4.21. The Bertz CT molecular complexity index is 354. The van der Waals surface area contributed by atoms with Gasteiger partial charge in [0, 0.05) is 31.0 Å². The summed E-state index contributed by atoms with van der Waals surface area (Å²) in [6, 6.07) is 0.602.